The maximum Gasteiger partial charge on any atom is 0.255 e. The highest BCUT2D eigenvalue weighted by Gasteiger charge is 2.17. The van der Waals surface area contributed by atoms with Crippen LogP contribution < -0.4 is 15.4 Å². The molecule has 0 bridgehead atoms. The SMILES string of the molecule is CC(C)NS(=O)(=O)c1cccc(C(=O)Nc2ccc(N[C@@H](C)c3ccccc3)cc2)c1. The number of amides is 1. The van der Waals surface area contributed by atoms with E-state index >= 15 is 0 Å². The normalized spacial score (nSPS) is 12.4. The van der Waals surface area contributed by atoms with E-state index in [1.165, 1.54) is 17.7 Å². The molecule has 0 aromatic heterocycles. The van der Waals surface area contributed by atoms with Crippen LogP contribution in [0.15, 0.2) is 83.8 Å². The third-order valence-electron chi connectivity index (χ3n) is 4.62. The molecule has 3 N–H and O–H groups in total. The molecule has 31 heavy (non-hydrogen) atoms. The number of rotatable bonds is 8. The summed E-state index contributed by atoms with van der Waals surface area (Å²) in [6.07, 6.45) is 0. The van der Waals surface area contributed by atoms with Crippen LogP contribution in [0, 0.1) is 0 Å². The second kappa shape index (κ2) is 9.76. The molecule has 0 radical (unpaired) electrons. The van der Waals surface area contributed by atoms with Crippen LogP contribution in [-0.2, 0) is 10.0 Å². The second-order valence-electron chi connectivity index (χ2n) is 7.61. The van der Waals surface area contributed by atoms with Gasteiger partial charge in [0.05, 0.1) is 4.90 Å². The topological polar surface area (TPSA) is 87.3 Å². The summed E-state index contributed by atoms with van der Waals surface area (Å²) in [6.45, 7) is 5.57. The van der Waals surface area contributed by atoms with E-state index in [1.807, 2.05) is 30.3 Å². The molecule has 0 aliphatic heterocycles. The average Bonchev–Trinajstić information content (AvgIpc) is 2.75. The lowest BCUT2D eigenvalue weighted by Gasteiger charge is -2.16. The van der Waals surface area contributed by atoms with Crippen LogP contribution >= 0.6 is 0 Å². The molecule has 162 valence electrons. The predicted molar refractivity (Wildman–Crippen MR) is 125 cm³/mol. The summed E-state index contributed by atoms with van der Waals surface area (Å²) in [5.41, 5.74) is 3.01. The second-order valence-corrected chi connectivity index (χ2v) is 9.33. The lowest BCUT2D eigenvalue weighted by atomic mass is 10.1. The molecule has 3 rings (SSSR count). The number of nitrogens with one attached hydrogen (secondary N) is 3. The van der Waals surface area contributed by atoms with Gasteiger partial charge in [0, 0.05) is 29.0 Å². The molecule has 3 aromatic carbocycles. The molecule has 0 spiro atoms. The maximum absolute atomic E-state index is 12.6. The molecule has 6 nitrogen and oxygen atoms in total. The number of sulfonamides is 1. The van der Waals surface area contributed by atoms with Crippen LogP contribution in [0.1, 0.15) is 42.7 Å². The molecule has 3 aromatic rings. The lowest BCUT2D eigenvalue weighted by molar-refractivity contribution is 0.102. The first-order valence-corrected chi connectivity index (χ1v) is 11.6. The number of carbonyl (C=O) groups is 1. The van der Waals surface area contributed by atoms with Crippen molar-refractivity contribution in [1.82, 2.24) is 4.72 Å². The Morgan fingerprint density at radius 1 is 0.806 bits per heavy atom. The number of anilines is 2. The van der Waals surface area contributed by atoms with Gasteiger partial charge in [-0.2, -0.15) is 0 Å². The molecule has 0 saturated heterocycles. The van der Waals surface area contributed by atoms with Crippen molar-refractivity contribution >= 4 is 27.3 Å². The summed E-state index contributed by atoms with van der Waals surface area (Å²) in [5.74, 6) is -0.375. The van der Waals surface area contributed by atoms with Crippen molar-refractivity contribution < 1.29 is 13.2 Å². The Morgan fingerprint density at radius 3 is 2.10 bits per heavy atom. The molecule has 0 unspecified atom stereocenters. The van der Waals surface area contributed by atoms with Crippen LogP contribution in [0.4, 0.5) is 11.4 Å². The van der Waals surface area contributed by atoms with E-state index in [0.29, 0.717) is 5.69 Å². The zero-order valence-electron chi connectivity index (χ0n) is 17.8. The largest absolute Gasteiger partial charge is 0.379 e. The Balaban J connectivity index is 1.66. The smallest absolute Gasteiger partial charge is 0.255 e. The fraction of sp³-hybridized carbons (Fsp3) is 0.208. The number of benzene rings is 3. The molecular weight excluding hydrogens is 410 g/mol. The van der Waals surface area contributed by atoms with Gasteiger partial charge < -0.3 is 10.6 Å². The van der Waals surface area contributed by atoms with Gasteiger partial charge >= 0.3 is 0 Å². The minimum absolute atomic E-state index is 0.0586. The summed E-state index contributed by atoms with van der Waals surface area (Å²) in [5, 5.41) is 6.23. The molecule has 1 atom stereocenters. The molecule has 0 saturated carbocycles. The summed E-state index contributed by atoms with van der Waals surface area (Å²) >= 11 is 0. The first-order chi connectivity index (χ1) is 14.7. The fourth-order valence-electron chi connectivity index (χ4n) is 3.11. The minimum atomic E-state index is -3.67. The standard InChI is InChI=1S/C24H27N3O3S/c1-17(2)27-31(29,30)23-11-7-10-20(16-23)24(28)26-22-14-12-21(13-15-22)25-18(3)19-8-5-4-6-9-19/h4-18,25,27H,1-3H3,(H,26,28)/t18-/m0/s1. The van der Waals surface area contributed by atoms with Gasteiger partial charge in [-0.3, -0.25) is 4.79 Å². The maximum atomic E-state index is 12.6. The van der Waals surface area contributed by atoms with Crippen LogP contribution in [0.5, 0.6) is 0 Å². The van der Waals surface area contributed by atoms with Crippen molar-refractivity contribution in [3.05, 3.63) is 90.0 Å². The lowest BCUT2D eigenvalue weighted by Crippen LogP contribution is -2.30. The molecule has 0 aliphatic rings. The van der Waals surface area contributed by atoms with Crippen molar-refractivity contribution in [1.29, 1.82) is 0 Å². The molecule has 0 aliphatic carbocycles. The van der Waals surface area contributed by atoms with Gasteiger partial charge in [0.25, 0.3) is 5.91 Å². The fourth-order valence-corrected chi connectivity index (χ4v) is 4.41. The van der Waals surface area contributed by atoms with Gasteiger partial charge in [-0.15, -0.1) is 0 Å². The van der Waals surface area contributed by atoms with E-state index in [2.05, 4.69) is 34.4 Å². The van der Waals surface area contributed by atoms with E-state index in [1.54, 1.807) is 38.1 Å². The quantitative estimate of drug-likeness (QED) is 0.472. The van der Waals surface area contributed by atoms with Crippen LogP contribution in [-0.4, -0.2) is 20.4 Å². The van der Waals surface area contributed by atoms with Gasteiger partial charge in [-0.05, 0) is 68.8 Å². The van der Waals surface area contributed by atoms with Crippen LogP contribution in [0.2, 0.25) is 0 Å². The minimum Gasteiger partial charge on any atom is -0.379 e. The van der Waals surface area contributed by atoms with Gasteiger partial charge in [0.15, 0.2) is 0 Å². The summed E-state index contributed by atoms with van der Waals surface area (Å²) in [7, 11) is -3.67. The summed E-state index contributed by atoms with van der Waals surface area (Å²) in [6, 6.07) is 23.4. The van der Waals surface area contributed by atoms with E-state index in [0.717, 1.165) is 5.69 Å². The first kappa shape index (κ1) is 22.5. The van der Waals surface area contributed by atoms with Crippen LogP contribution in [0.25, 0.3) is 0 Å². The highest BCUT2D eigenvalue weighted by atomic mass is 32.2. The monoisotopic (exact) mass is 437 g/mol. The number of hydrogen-bond acceptors (Lipinski definition) is 4. The third kappa shape index (κ3) is 6.16. The van der Waals surface area contributed by atoms with E-state index < -0.39 is 10.0 Å². The predicted octanol–water partition coefficient (Wildman–Crippen LogP) is 4.80. The summed E-state index contributed by atoms with van der Waals surface area (Å²) in [4.78, 5) is 12.7. The Bertz CT molecular complexity index is 1130. The molecule has 0 fully saturated rings. The molecule has 1 amide bonds. The molecular formula is C24H27N3O3S. The van der Waals surface area contributed by atoms with Crippen LogP contribution in [0.3, 0.4) is 0 Å². The number of hydrogen-bond donors (Lipinski definition) is 3. The van der Waals surface area contributed by atoms with Crippen molar-refractivity contribution in [2.24, 2.45) is 0 Å². The van der Waals surface area contributed by atoms with Gasteiger partial charge in [0.1, 0.15) is 0 Å². The third-order valence-corrected chi connectivity index (χ3v) is 6.28. The molecule has 7 heteroatoms. The first-order valence-electron chi connectivity index (χ1n) is 10.1. The Hall–Kier alpha value is -3.16. The zero-order valence-corrected chi connectivity index (χ0v) is 18.6. The summed E-state index contributed by atoms with van der Waals surface area (Å²) < 4.78 is 27.2. The van der Waals surface area contributed by atoms with Gasteiger partial charge in [-0.1, -0.05) is 36.4 Å². The Morgan fingerprint density at radius 2 is 1.45 bits per heavy atom. The average molecular weight is 438 g/mol. The van der Waals surface area contributed by atoms with E-state index in [9.17, 15) is 13.2 Å². The van der Waals surface area contributed by atoms with Crippen molar-refractivity contribution in [3.8, 4) is 0 Å². The van der Waals surface area contributed by atoms with E-state index in [-0.39, 0.29) is 28.4 Å². The zero-order chi connectivity index (χ0) is 22.4. The van der Waals surface area contributed by atoms with Crippen molar-refractivity contribution in [2.45, 2.75) is 37.8 Å². The Kier molecular flexibility index (Phi) is 7.09. The van der Waals surface area contributed by atoms with Gasteiger partial charge in [-0.25, -0.2) is 13.1 Å². The Labute approximate surface area is 183 Å². The highest BCUT2D eigenvalue weighted by molar-refractivity contribution is 7.89. The number of carbonyl (C=O) groups excluding carboxylic acids is 1. The highest BCUT2D eigenvalue weighted by Crippen LogP contribution is 2.21. The van der Waals surface area contributed by atoms with Gasteiger partial charge in [0.2, 0.25) is 10.0 Å². The van der Waals surface area contributed by atoms with Crippen molar-refractivity contribution in [3.63, 3.8) is 0 Å². The van der Waals surface area contributed by atoms with E-state index in [4.69, 9.17) is 0 Å². The van der Waals surface area contributed by atoms with Crippen molar-refractivity contribution in [2.75, 3.05) is 10.6 Å². The molecule has 0 heterocycles.